The van der Waals surface area contributed by atoms with Crippen molar-refractivity contribution in [1.82, 2.24) is 9.88 Å². The molecular formula is C23H29FN4O3S. The zero-order valence-corrected chi connectivity index (χ0v) is 19.4. The molecule has 0 bridgehead atoms. The summed E-state index contributed by atoms with van der Waals surface area (Å²) in [6.07, 6.45) is 4.17. The zero-order chi connectivity index (χ0) is 22.9. The minimum Gasteiger partial charge on any atom is -0.353 e. The van der Waals surface area contributed by atoms with E-state index in [1.165, 1.54) is 22.0 Å². The maximum atomic E-state index is 14.8. The van der Waals surface area contributed by atoms with E-state index in [0.717, 1.165) is 30.3 Å². The normalized spacial score (nSPS) is 18.7. The summed E-state index contributed by atoms with van der Waals surface area (Å²) in [5.41, 5.74) is 2.55. The summed E-state index contributed by atoms with van der Waals surface area (Å²) in [6, 6.07) is 6.23. The van der Waals surface area contributed by atoms with Crippen LogP contribution in [0.5, 0.6) is 0 Å². The average Bonchev–Trinajstić information content (AvgIpc) is 2.78. The second-order valence-electron chi connectivity index (χ2n) is 8.38. The van der Waals surface area contributed by atoms with Crippen molar-refractivity contribution in [1.29, 1.82) is 0 Å². The fourth-order valence-electron chi connectivity index (χ4n) is 4.35. The van der Waals surface area contributed by atoms with Gasteiger partial charge in [0.2, 0.25) is 10.0 Å². The number of pyridine rings is 1. The van der Waals surface area contributed by atoms with Gasteiger partial charge in [0.1, 0.15) is 11.6 Å². The van der Waals surface area contributed by atoms with E-state index in [9.17, 15) is 17.6 Å². The van der Waals surface area contributed by atoms with Crippen molar-refractivity contribution in [3.63, 3.8) is 0 Å². The van der Waals surface area contributed by atoms with E-state index in [2.05, 4.69) is 22.9 Å². The molecule has 2 aliphatic heterocycles. The molecule has 0 spiro atoms. The Hall–Kier alpha value is -2.68. The summed E-state index contributed by atoms with van der Waals surface area (Å²) in [5, 5.41) is 0. The van der Waals surface area contributed by atoms with Gasteiger partial charge in [0.15, 0.2) is 0 Å². The first-order valence-corrected chi connectivity index (χ1v) is 12.7. The molecule has 0 saturated carbocycles. The highest BCUT2D eigenvalue weighted by molar-refractivity contribution is 7.92. The van der Waals surface area contributed by atoms with Gasteiger partial charge in [-0.2, -0.15) is 0 Å². The van der Waals surface area contributed by atoms with Crippen LogP contribution >= 0.6 is 0 Å². The Morgan fingerprint density at radius 3 is 2.47 bits per heavy atom. The van der Waals surface area contributed by atoms with Crippen LogP contribution < -0.4 is 9.21 Å². The highest BCUT2D eigenvalue weighted by Gasteiger charge is 2.29. The molecule has 172 valence electrons. The lowest BCUT2D eigenvalue weighted by Crippen LogP contribution is -2.49. The highest BCUT2D eigenvalue weighted by Crippen LogP contribution is 2.26. The van der Waals surface area contributed by atoms with E-state index in [1.807, 2.05) is 13.1 Å². The Morgan fingerprint density at radius 2 is 1.84 bits per heavy atom. The third-order valence-corrected chi connectivity index (χ3v) is 8.07. The first kappa shape index (κ1) is 22.5. The van der Waals surface area contributed by atoms with Gasteiger partial charge in [-0.1, -0.05) is 13.0 Å². The van der Waals surface area contributed by atoms with Crippen LogP contribution in [0, 0.1) is 12.7 Å². The number of carbonyl (C=O) groups is 1. The number of amides is 1. The number of aromatic nitrogens is 1. The van der Waals surface area contributed by atoms with Crippen LogP contribution in [0.2, 0.25) is 0 Å². The van der Waals surface area contributed by atoms with Crippen LogP contribution in [0.25, 0.3) is 0 Å². The summed E-state index contributed by atoms with van der Waals surface area (Å²) in [6.45, 7) is 6.65. The lowest BCUT2D eigenvalue weighted by molar-refractivity contribution is 0.0742. The number of sulfonamides is 1. The maximum Gasteiger partial charge on any atom is 0.256 e. The molecule has 4 rings (SSSR count). The van der Waals surface area contributed by atoms with Gasteiger partial charge in [-0.15, -0.1) is 0 Å². The van der Waals surface area contributed by atoms with Gasteiger partial charge in [-0.05, 0) is 55.5 Å². The molecule has 0 aliphatic carbocycles. The van der Waals surface area contributed by atoms with Crippen molar-refractivity contribution in [2.24, 2.45) is 0 Å². The lowest BCUT2D eigenvalue weighted by Gasteiger charge is -2.36. The molecular weight excluding hydrogens is 431 g/mol. The van der Waals surface area contributed by atoms with Crippen molar-refractivity contribution < 1.29 is 17.6 Å². The number of hydrogen-bond donors (Lipinski definition) is 0. The maximum absolute atomic E-state index is 14.8. The molecule has 2 fully saturated rings. The fraction of sp³-hybridized carbons (Fsp3) is 0.478. The minimum absolute atomic E-state index is 0.0294. The number of nitrogens with zero attached hydrogens (tertiary/aromatic N) is 4. The second kappa shape index (κ2) is 9.05. The highest BCUT2D eigenvalue weighted by atomic mass is 32.2. The molecule has 0 N–H and O–H groups in total. The quantitative estimate of drug-likeness (QED) is 0.701. The first-order chi connectivity index (χ1) is 15.3. The molecule has 3 heterocycles. The van der Waals surface area contributed by atoms with E-state index < -0.39 is 15.8 Å². The second-order valence-corrected chi connectivity index (χ2v) is 10.4. The molecule has 2 aliphatic rings. The van der Waals surface area contributed by atoms with Crippen LogP contribution in [0.1, 0.15) is 41.3 Å². The Balaban J connectivity index is 1.44. The number of hydrogen-bond acceptors (Lipinski definition) is 5. The molecule has 0 atom stereocenters. The summed E-state index contributed by atoms with van der Waals surface area (Å²) in [4.78, 5) is 21.3. The van der Waals surface area contributed by atoms with Gasteiger partial charge >= 0.3 is 0 Å². The van der Waals surface area contributed by atoms with Crippen LogP contribution in [0.3, 0.4) is 0 Å². The Kier molecular flexibility index (Phi) is 6.37. The molecule has 0 unspecified atom stereocenters. The molecule has 2 saturated heterocycles. The third-order valence-electron chi connectivity index (χ3n) is 6.20. The van der Waals surface area contributed by atoms with Gasteiger partial charge in [-0.3, -0.25) is 9.10 Å². The summed E-state index contributed by atoms with van der Waals surface area (Å²) < 4.78 is 40.7. The average molecular weight is 461 g/mol. The van der Waals surface area contributed by atoms with Crippen molar-refractivity contribution in [2.45, 2.75) is 33.1 Å². The number of carbonyl (C=O) groups excluding carboxylic acids is 1. The molecule has 2 aromatic rings. The van der Waals surface area contributed by atoms with Crippen LogP contribution in [0.15, 0.2) is 30.5 Å². The van der Waals surface area contributed by atoms with E-state index in [1.54, 1.807) is 4.90 Å². The molecule has 9 heteroatoms. The number of piperazine rings is 1. The molecule has 1 amide bonds. The first-order valence-electron chi connectivity index (χ1n) is 11.1. The lowest BCUT2D eigenvalue weighted by atomic mass is 10.1. The van der Waals surface area contributed by atoms with E-state index >= 15 is 0 Å². The Morgan fingerprint density at radius 1 is 1.09 bits per heavy atom. The molecule has 7 nitrogen and oxygen atoms in total. The van der Waals surface area contributed by atoms with Crippen molar-refractivity contribution in [3.8, 4) is 0 Å². The molecule has 1 aromatic carbocycles. The molecule has 0 radical (unpaired) electrons. The Labute approximate surface area is 188 Å². The van der Waals surface area contributed by atoms with E-state index in [4.69, 9.17) is 0 Å². The number of benzene rings is 1. The smallest absolute Gasteiger partial charge is 0.256 e. The third kappa shape index (κ3) is 4.44. The van der Waals surface area contributed by atoms with Crippen molar-refractivity contribution in [2.75, 3.05) is 47.7 Å². The van der Waals surface area contributed by atoms with Crippen molar-refractivity contribution >= 4 is 27.4 Å². The predicted octanol–water partition coefficient (Wildman–Crippen LogP) is 2.98. The monoisotopic (exact) mass is 460 g/mol. The molecule has 1 aromatic heterocycles. The number of anilines is 2. The van der Waals surface area contributed by atoms with Gasteiger partial charge in [0.25, 0.3) is 5.91 Å². The van der Waals surface area contributed by atoms with Gasteiger partial charge in [-0.25, -0.2) is 17.8 Å². The summed E-state index contributed by atoms with van der Waals surface area (Å²) >= 11 is 0. The number of halogens is 1. The Bertz CT molecular complexity index is 1110. The van der Waals surface area contributed by atoms with Crippen LogP contribution in [-0.2, 0) is 16.4 Å². The predicted molar refractivity (Wildman–Crippen MR) is 123 cm³/mol. The van der Waals surface area contributed by atoms with Gasteiger partial charge in [0, 0.05) is 38.9 Å². The van der Waals surface area contributed by atoms with Crippen molar-refractivity contribution in [3.05, 3.63) is 53.0 Å². The zero-order valence-electron chi connectivity index (χ0n) is 18.6. The topological polar surface area (TPSA) is 73.8 Å². The number of rotatable bonds is 4. The van der Waals surface area contributed by atoms with Gasteiger partial charge in [0.05, 0.1) is 17.0 Å². The fourth-order valence-corrected chi connectivity index (χ4v) is 5.98. The summed E-state index contributed by atoms with van der Waals surface area (Å²) in [7, 11) is -3.43. The van der Waals surface area contributed by atoms with Gasteiger partial charge < -0.3 is 9.80 Å². The van der Waals surface area contributed by atoms with E-state index in [-0.39, 0.29) is 22.9 Å². The summed E-state index contributed by atoms with van der Waals surface area (Å²) in [5.74, 6) is -0.0770. The van der Waals surface area contributed by atoms with Crippen LogP contribution in [0.4, 0.5) is 15.9 Å². The largest absolute Gasteiger partial charge is 0.353 e. The molecule has 32 heavy (non-hydrogen) atoms. The van der Waals surface area contributed by atoms with E-state index in [0.29, 0.717) is 39.1 Å². The standard InChI is InChI=1S/C23H29FN4O3S/c1-3-18-14-17(2)22(25-16-18)26-9-11-27(12-10-26)23(29)20-7-6-19(15-21(20)24)28-8-4-5-13-32(28,30)31/h6-7,14-16H,3-5,8-13H2,1-2H3. The number of aryl methyl sites for hydroxylation is 2. The van der Waals surface area contributed by atoms with Crippen LogP contribution in [-0.4, -0.2) is 62.7 Å². The minimum atomic E-state index is -3.43. The SMILES string of the molecule is CCc1cnc(N2CCN(C(=O)c3ccc(N4CCCCS4(=O)=O)cc3F)CC2)c(C)c1.